The largest absolute Gasteiger partial charge is 0.494 e. The summed E-state index contributed by atoms with van der Waals surface area (Å²) in [5.74, 6) is -2.06. The van der Waals surface area contributed by atoms with Crippen molar-refractivity contribution in [3.05, 3.63) is 29.6 Å². The van der Waals surface area contributed by atoms with Gasteiger partial charge >= 0.3 is 5.97 Å². The molecule has 0 aliphatic heterocycles. The van der Waals surface area contributed by atoms with Crippen LogP contribution in [0, 0.1) is 5.82 Å². The first-order valence-electron chi connectivity index (χ1n) is 5.28. The number of hydrogen-bond donors (Lipinski definition) is 2. The minimum absolute atomic E-state index is 0.0848. The first-order chi connectivity index (χ1) is 8.43. The molecule has 1 aromatic carbocycles. The minimum atomic E-state index is -1.12. The molecule has 0 saturated heterocycles. The van der Waals surface area contributed by atoms with Crippen LogP contribution in [0.5, 0.6) is 5.75 Å². The summed E-state index contributed by atoms with van der Waals surface area (Å²) in [5, 5.41) is 10.9. The van der Waals surface area contributed by atoms with Crippen molar-refractivity contribution in [3.63, 3.8) is 0 Å². The van der Waals surface area contributed by atoms with Gasteiger partial charge < -0.3 is 15.2 Å². The van der Waals surface area contributed by atoms with Gasteiger partial charge in [-0.3, -0.25) is 9.59 Å². The zero-order valence-corrected chi connectivity index (χ0v) is 10.1. The lowest BCUT2D eigenvalue weighted by atomic mass is 10.1. The molecule has 1 rings (SSSR count). The molecule has 6 heteroatoms. The molecule has 0 spiro atoms. The van der Waals surface area contributed by atoms with Crippen LogP contribution in [0.3, 0.4) is 0 Å². The van der Waals surface area contributed by atoms with Crippen LogP contribution in [0.15, 0.2) is 18.2 Å². The Bertz CT molecular complexity index is 461. The van der Waals surface area contributed by atoms with Gasteiger partial charge in [0.15, 0.2) is 11.6 Å². The second-order valence-electron chi connectivity index (χ2n) is 3.77. The van der Waals surface area contributed by atoms with Crippen LogP contribution in [0.4, 0.5) is 4.39 Å². The van der Waals surface area contributed by atoms with E-state index < -0.39 is 23.7 Å². The van der Waals surface area contributed by atoms with Crippen molar-refractivity contribution >= 4 is 11.9 Å². The van der Waals surface area contributed by atoms with Crippen LogP contribution >= 0.6 is 0 Å². The summed E-state index contributed by atoms with van der Waals surface area (Å²) in [5.41, 5.74) is 0.448. The maximum Gasteiger partial charge on any atom is 0.325 e. The van der Waals surface area contributed by atoms with Crippen molar-refractivity contribution in [1.82, 2.24) is 5.32 Å². The molecule has 0 saturated carbocycles. The van der Waals surface area contributed by atoms with Gasteiger partial charge in [-0.15, -0.1) is 0 Å². The normalized spacial score (nSPS) is 11.7. The van der Waals surface area contributed by atoms with Gasteiger partial charge in [0.25, 0.3) is 0 Å². The monoisotopic (exact) mass is 255 g/mol. The first-order valence-corrected chi connectivity index (χ1v) is 5.28. The number of amides is 1. The standard InChI is InChI=1S/C12H14FNO4/c1-7(12(16)17)14-11(15)6-8-3-4-10(18-2)9(13)5-8/h3-5,7H,6H2,1-2H3,(H,14,15)(H,16,17)/t7-/m0/s1. The fourth-order valence-corrected chi connectivity index (χ4v) is 1.36. The van der Waals surface area contributed by atoms with Gasteiger partial charge in [0.2, 0.25) is 5.91 Å². The Balaban J connectivity index is 2.65. The Kier molecular flexibility index (Phi) is 4.65. The number of halogens is 1. The van der Waals surface area contributed by atoms with Crippen LogP contribution in [-0.2, 0) is 16.0 Å². The highest BCUT2D eigenvalue weighted by Crippen LogP contribution is 2.17. The predicted molar refractivity (Wildman–Crippen MR) is 61.9 cm³/mol. The molecule has 0 aliphatic rings. The summed E-state index contributed by atoms with van der Waals surface area (Å²) >= 11 is 0. The number of methoxy groups -OCH3 is 1. The van der Waals surface area contributed by atoms with Crippen LogP contribution in [0.25, 0.3) is 0 Å². The Hall–Kier alpha value is -2.11. The Labute approximate surface area is 104 Å². The molecule has 0 heterocycles. The molecule has 98 valence electrons. The van der Waals surface area contributed by atoms with Crippen molar-refractivity contribution in [2.24, 2.45) is 0 Å². The molecule has 18 heavy (non-hydrogen) atoms. The third kappa shape index (κ3) is 3.73. The van der Waals surface area contributed by atoms with Crippen molar-refractivity contribution in [3.8, 4) is 5.75 Å². The van der Waals surface area contributed by atoms with Gasteiger partial charge in [0.1, 0.15) is 6.04 Å². The van der Waals surface area contributed by atoms with Gasteiger partial charge in [-0.1, -0.05) is 6.07 Å². The number of carbonyl (C=O) groups is 2. The zero-order chi connectivity index (χ0) is 13.7. The molecule has 1 aromatic rings. The quantitative estimate of drug-likeness (QED) is 0.822. The van der Waals surface area contributed by atoms with Gasteiger partial charge in [-0.2, -0.15) is 0 Å². The second kappa shape index (κ2) is 6.00. The van der Waals surface area contributed by atoms with Gasteiger partial charge in [0.05, 0.1) is 13.5 Å². The number of ether oxygens (including phenoxy) is 1. The summed E-state index contributed by atoms with van der Waals surface area (Å²) in [6.45, 7) is 1.36. The Morgan fingerprint density at radius 2 is 2.17 bits per heavy atom. The fraction of sp³-hybridized carbons (Fsp3) is 0.333. The maximum atomic E-state index is 13.3. The van der Waals surface area contributed by atoms with Crippen molar-refractivity contribution < 1.29 is 23.8 Å². The molecular formula is C12H14FNO4. The van der Waals surface area contributed by atoms with E-state index in [0.717, 1.165) is 0 Å². The minimum Gasteiger partial charge on any atom is -0.494 e. The molecule has 0 fully saturated rings. The van der Waals surface area contributed by atoms with E-state index in [0.29, 0.717) is 5.56 Å². The lowest BCUT2D eigenvalue weighted by Crippen LogP contribution is -2.39. The number of carbonyl (C=O) groups excluding carboxylic acids is 1. The van der Waals surface area contributed by atoms with E-state index >= 15 is 0 Å². The molecular weight excluding hydrogens is 241 g/mol. The first kappa shape index (κ1) is 14.0. The van der Waals surface area contributed by atoms with Crippen molar-refractivity contribution in [2.45, 2.75) is 19.4 Å². The van der Waals surface area contributed by atoms with Gasteiger partial charge in [-0.25, -0.2) is 4.39 Å². The van der Waals surface area contributed by atoms with E-state index in [9.17, 15) is 14.0 Å². The highest BCUT2D eigenvalue weighted by Gasteiger charge is 2.14. The molecule has 5 nitrogen and oxygen atoms in total. The highest BCUT2D eigenvalue weighted by molar-refractivity contribution is 5.84. The van der Waals surface area contributed by atoms with E-state index in [1.54, 1.807) is 6.07 Å². The molecule has 0 bridgehead atoms. The molecule has 1 atom stereocenters. The topological polar surface area (TPSA) is 75.6 Å². The van der Waals surface area contributed by atoms with Crippen molar-refractivity contribution in [1.29, 1.82) is 0 Å². The van der Waals surface area contributed by atoms with E-state index in [1.807, 2.05) is 0 Å². The zero-order valence-electron chi connectivity index (χ0n) is 10.1. The van der Waals surface area contributed by atoms with Crippen molar-refractivity contribution in [2.75, 3.05) is 7.11 Å². The van der Waals surface area contributed by atoms with E-state index in [2.05, 4.69) is 5.32 Å². The molecule has 0 radical (unpaired) electrons. The number of hydrogen-bond acceptors (Lipinski definition) is 3. The van der Waals surface area contributed by atoms with Gasteiger partial charge in [0, 0.05) is 0 Å². The van der Waals surface area contributed by atoms with Crippen LogP contribution in [0.1, 0.15) is 12.5 Å². The van der Waals surface area contributed by atoms with E-state index in [1.165, 1.54) is 26.2 Å². The van der Waals surface area contributed by atoms with Crippen LogP contribution in [-0.4, -0.2) is 30.1 Å². The second-order valence-corrected chi connectivity index (χ2v) is 3.77. The summed E-state index contributed by atoms with van der Waals surface area (Å²) in [6, 6.07) is 3.18. The number of carboxylic acid groups (broad SMARTS) is 1. The van der Waals surface area contributed by atoms with E-state index in [-0.39, 0.29) is 12.2 Å². The third-order valence-electron chi connectivity index (χ3n) is 2.33. The number of aliphatic carboxylic acids is 1. The number of carboxylic acids is 1. The highest BCUT2D eigenvalue weighted by atomic mass is 19.1. The fourth-order valence-electron chi connectivity index (χ4n) is 1.36. The third-order valence-corrected chi connectivity index (χ3v) is 2.33. The Morgan fingerprint density at radius 3 is 2.67 bits per heavy atom. The summed E-state index contributed by atoms with van der Waals surface area (Å²) in [7, 11) is 1.35. The lowest BCUT2D eigenvalue weighted by molar-refractivity contribution is -0.141. The smallest absolute Gasteiger partial charge is 0.325 e. The molecule has 0 aliphatic carbocycles. The number of benzene rings is 1. The average Bonchev–Trinajstić information content (AvgIpc) is 2.28. The summed E-state index contributed by atoms with van der Waals surface area (Å²) in [4.78, 5) is 22.0. The summed E-state index contributed by atoms with van der Waals surface area (Å²) < 4.78 is 18.1. The van der Waals surface area contributed by atoms with Crippen LogP contribution < -0.4 is 10.1 Å². The van der Waals surface area contributed by atoms with Crippen LogP contribution in [0.2, 0.25) is 0 Å². The number of rotatable bonds is 5. The maximum absolute atomic E-state index is 13.3. The van der Waals surface area contributed by atoms with E-state index in [4.69, 9.17) is 9.84 Å². The molecule has 0 aromatic heterocycles. The number of nitrogens with one attached hydrogen (secondary N) is 1. The molecule has 2 N–H and O–H groups in total. The average molecular weight is 255 g/mol. The lowest BCUT2D eigenvalue weighted by Gasteiger charge is -2.09. The molecule has 1 amide bonds. The SMILES string of the molecule is COc1ccc(CC(=O)N[C@@H](C)C(=O)O)cc1F. The predicted octanol–water partition coefficient (Wildman–Crippen LogP) is 0.966. The van der Waals surface area contributed by atoms with Gasteiger partial charge in [-0.05, 0) is 24.6 Å². The summed E-state index contributed by atoms with van der Waals surface area (Å²) in [6.07, 6.45) is -0.0848. The Morgan fingerprint density at radius 1 is 1.50 bits per heavy atom. The molecule has 0 unspecified atom stereocenters.